The zero-order valence-corrected chi connectivity index (χ0v) is 21.7. The molecule has 1 aromatic heterocycles. The van der Waals surface area contributed by atoms with E-state index in [1.54, 1.807) is 45.2 Å². The van der Waals surface area contributed by atoms with Gasteiger partial charge in [-0.3, -0.25) is 9.59 Å². The molecule has 36 heavy (non-hydrogen) atoms. The number of carbonyl (C=O) groups is 2. The predicted molar refractivity (Wildman–Crippen MR) is 139 cm³/mol. The number of para-hydroxylation sites is 1. The summed E-state index contributed by atoms with van der Waals surface area (Å²) in [6, 6.07) is 13.0. The van der Waals surface area contributed by atoms with E-state index < -0.39 is 35.2 Å². The fraction of sp³-hybridized carbons (Fsp3) is 0.370. The van der Waals surface area contributed by atoms with Crippen molar-refractivity contribution >= 4 is 28.3 Å². The van der Waals surface area contributed by atoms with Gasteiger partial charge in [-0.1, -0.05) is 81.9 Å². The number of anilines is 1. The van der Waals surface area contributed by atoms with E-state index in [0.717, 1.165) is 16.0 Å². The van der Waals surface area contributed by atoms with Gasteiger partial charge in [0, 0.05) is 6.20 Å². The molecule has 3 N–H and O–H groups in total. The van der Waals surface area contributed by atoms with Crippen LogP contribution in [0.25, 0.3) is 10.4 Å². The third-order valence-electron chi connectivity index (χ3n) is 5.52. The molecule has 0 aliphatic rings. The van der Waals surface area contributed by atoms with Crippen molar-refractivity contribution in [2.24, 2.45) is 5.41 Å². The molecule has 3 rings (SSSR count). The molecule has 0 fully saturated rings. The first kappa shape index (κ1) is 27.3. The number of rotatable bonds is 10. The summed E-state index contributed by atoms with van der Waals surface area (Å²) in [5, 5.41) is 16.1. The first-order valence-corrected chi connectivity index (χ1v) is 12.6. The Labute approximate surface area is 214 Å². The van der Waals surface area contributed by atoms with E-state index >= 15 is 0 Å². The molecule has 0 bridgehead atoms. The van der Waals surface area contributed by atoms with Crippen molar-refractivity contribution in [3.63, 3.8) is 0 Å². The molecule has 1 heterocycles. The van der Waals surface area contributed by atoms with Crippen LogP contribution >= 0.6 is 11.3 Å². The minimum absolute atomic E-state index is 0.164. The zero-order valence-electron chi connectivity index (χ0n) is 20.9. The zero-order chi connectivity index (χ0) is 26.3. The van der Waals surface area contributed by atoms with E-state index in [0.29, 0.717) is 18.0 Å². The number of hydrogen-bond donors (Lipinski definition) is 3. The highest BCUT2D eigenvalue weighted by Crippen LogP contribution is 2.32. The van der Waals surface area contributed by atoms with E-state index in [1.807, 2.05) is 31.2 Å². The molecule has 9 heteroatoms. The molecule has 2 aromatic carbocycles. The molecule has 0 aliphatic carbocycles. The van der Waals surface area contributed by atoms with Crippen LogP contribution in [0, 0.1) is 11.2 Å². The summed E-state index contributed by atoms with van der Waals surface area (Å²) in [5.74, 6) is -1.24. The van der Waals surface area contributed by atoms with Gasteiger partial charge in [0.1, 0.15) is 18.8 Å². The number of aliphatic hydroxyl groups is 1. The maximum absolute atomic E-state index is 13.9. The predicted octanol–water partition coefficient (Wildman–Crippen LogP) is 5.16. The van der Waals surface area contributed by atoms with Gasteiger partial charge in [0.2, 0.25) is 11.8 Å². The molecule has 0 unspecified atom stereocenters. The normalized spacial score (nSPS) is 13.1. The van der Waals surface area contributed by atoms with Gasteiger partial charge in [-0.05, 0) is 35.1 Å². The number of benzene rings is 2. The smallest absolute Gasteiger partial charge is 0.250 e. The molecule has 2 amide bonds. The van der Waals surface area contributed by atoms with Crippen molar-refractivity contribution < 1.29 is 23.8 Å². The first-order valence-electron chi connectivity index (χ1n) is 11.8. The quantitative estimate of drug-likeness (QED) is 0.348. The topological polar surface area (TPSA) is 101 Å². The highest BCUT2D eigenvalue weighted by atomic mass is 32.1. The lowest BCUT2D eigenvalue weighted by Crippen LogP contribution is -2.50. The SMILES string of the molecule is CCC[C@H](NC(=O)[C@@H](O)C(C)(C)C)C(=O)Nc1ncc(-c2ccccc2COc2ccccc2F)s1. The van der Waals surface area contributed by atoms with Crippen LogP contribution in [0.4, 0.5) is 9.52 Å². The Hall–Kier alpha value is -3.30. The van der Waals surface area contributed by atoms with Crippen molar-refractivity contribution in [1.29, 1.82) is 0 Å². The number of hydrogen-bond acceptors (Lipinski definition) is 6. The fourth-order valence-electron chi connectivity index (χ4n) is 3.45. The Bertz CT molecular complexity index is 1190. The molecule has 3 aromatic rings. The Balaban J connectivity index is 1.70. The lowest BCUT2D eigenvalue weighted by atomic mass is 9.88. The second kappa shape index (κ2) is 12.1. The summed E-state index contributed by atoms with van der Waals surface area (Å²) in [5.41, 5.74) is 1.05. The van der Waals surface area contributed by atoms with Gasteiger partial charge in [-0.15, -0.1) is 0 Å². The van der Waals surface area contributed by atoms with Crippen LogP contribution in [0.15, 0.2) is 54.7 Å². The molecular formula is C27H32FN3O4S. The molecule has 192 valence electrons. The van der Waals surface area contributed by atoms with E-state index in [-0.39, 0.29) is 12.4 Å². The maximum Gasteiger partial charge on any atom is 0.250 e. The van der Waals surface area contributed by atoms with Crippen molar-refractivity contribution in [2.75, 3.05) is 5.32 Å². The highest BCUT2D eigenvalue weighted by molar-refractivity contribution is 7.19. The number of thiazole rings is 1. The number of carbonyl (C=O) groups excluding carboxylic acids is 2. The average molecular weight is 514 g/mol. The monoisotopic (exact) mass is 513 g/mol. The van der Waals surface area contributed by atoms with Crippen LogP contribution in [0.1, 0.15) is 46.1 Å². The summed E-state index contributed by atoms with van der Waals surface area (Å²) >= 11 is 1.28. The van der Waals surface area contributed by atoms with Crippen LogP contribution < -0.4 is 15.4 Å². The van der Waals surface area contributed by atoms with E-state index in [4.69, 9.17) is 4.74 Å². The Kier molecular flexibility index (Phi) is 9.17. The summed E-state index contributed by atoms with van der Waals surface area (Å²) in [4.78, 5) is 30.5. The van der Waals surface area contributed by atoms with Gasteiger partial charge in [-0.25, -0.2) is 9.37 Å². The van der Waals surface area contributed by atoms with Crippen LogP contribution in [0.2, 0.25) is 0 Å². The van der Waals surface area contributed by atoms with Crippen molar-refractivity contribution in [3.8, 4) is 16.2 Å². The number of nitrogens with zero attached hydrogens (tertiary/aromatic N) is 1. The van der Waals surface area contributed by atoms with Gasteiger partial charge in [0.05, 0.1) is 4.88 Å². The minimum atomic E-state index is -1.24. The molecular weight excluding hydrogens is 481 g/mol. The van der Waals surface area contributed by atoms with Gasteiger partial charge < -0.3 is 20.5 Å². The molecule has 0 aliphatic heterocycles. The second-order valence-electron chi connectivity index (χ2n) is 9.51. The first-order chi connectivity index (χ1) is 17.1. The van der Waals surface area contributed by atoms with Crippen molar-refractivity contribution in [2.45, 2.75) is 59.3 Å². The molecule has 0 radical (unpaired) electrons. The van der Waals surface area contributed by atoms with Crippen LogP contribution in [0.5, 0.6) is 5.75 Å². The second-order valence-corrected chi connectivity index (χ2v) is 10.5. The summed E-state index contributed by atoms with van der Waals surface area (Å²) in [6.45, 7) is 7.33. The van der Waals surface area contributed by atoms with Gasteiger partial charge in [0.25, 0.3) is 0 Å². The number of aromatic nitrogens is 1. The summed E-state index contributed by atoms with van der Waals surface area (Å²) in [7, 11) is 0. The molecule has 7 nitrogen and oxygen atoms in total. The number of halogens is 1. The average Bonchev–Trinajstić information content (AvgIpc) is 3.30. The molecule has 0 saturated heterocycles. The molecule has 2 atom stereocenters. The third-order valence-corrected chi connectivity index (χ3v) is 6.46. The minimum Gasteiger partial charge on any atom is -0.486 e. The summed E-state index contributed by atoms with van der Waals surface area (Å²) in [6.07, 6.45) is 1.50. The number of nitrogens with one attached hydrogen (secondary N) is 2. The Morgan fingerprint density at radius 2 is 1.81 bits per heavy atom. The summed E-state index contributed by atoms with van der Waals surface area (Å²) < 4.78 is 19.6. The largest absolute Gasteiger partial charge is 0.486 e. The third kappa shape index (κ3) is 7.11. The van der Waals surface area contributed by atoms with Crippen molar-refractivity contribution in [3.05, 3.63) is 66.1 Å². The van der Waals surface area contributed by atoms with E-state index in [2.05, 4.69) is 15.6 Å². The maximum atomic E-state index is 13.9. The van der Waals surface area contributed by atoms with Gasteiger partial charge in [0.15, 0.2) is 16.7 Å². The Morgan fingerprint density at radius 3 is 2.50 bits per heavy atom. The van der Waals surface area contributed by atoms with E-state index in [1.165, 1.54) is 17.4 Å². The fourth-order valence-corrected chi connectivity index (χ4v) is 4.33. The van der Waals surface area contributed by atoms with Gasteiger partial charge in [-0.2, -0.15) is 0 Å². The van der Waals surface area contributed by atoms with Gasteiger partial charge >= 0.3 is 0 Å². The van der Waals surface area contributed by atoms with Crippen LogP contribution in [0.3, 0.4) is 0 Å². The lowest BCUT2D eigenvalue weighted by Gasteiger charge is -2.26. The molecule has 0 saturated carbocycles. The number of ether oxygens (including phenoxy) is 1. The van der Waals surface area contributed by atoms with Crippen LogP contribution in [-0.4, -0.2) is 34.1 Å². The number of amides is 2. The lowest BCUT2D eigenvalue weighted by molar-refractivity contribution is -0.137. The Morgan fingerprint density at radius 1 is 1.11 bits per heavy atom. The standard InChI is InChI=1S/C27H32FN3O4S/c1-5-10-20(30-25(34)23(32)27(2,3)4)24(33)31-26-29-15-22(36-26)18-12-7-6-11-17(18)16-35-21-14-9-8-13-19(21)28/h6-9,11-15,20,23,32H,5,10,16H2,1-4H3,(H,30,34)(H,29,31,33)/t20-,23+/m0/s1. The number of aliphatic hydroxyl groups excluding tert-OH is 1. The van der Waals surface area contributed by atoms with E-state index in [9.17, 15) is 19.1 Å². The highest BCUT2D eigenvalue weighted by Gasteiger charge is 2.32. The van der Waals surface area contributed by atoms with Crippen molar-refractivity contribution in [1.82, 2.24) is 10.3 Å². The molecule has 0 spiro atoms. The van der Waals surface area contributed by atoms with Crippen LogP contribution in [-0.2, 0) is 16.2 Å².